The largest absolute Gasteiger partial charge is 0.305 e. The summed E-state index contributed by atoms with van der Waals surface area (Å²) in [5.74, 6) is 0.289. The van der Waals surface area contributed by atoms with E-state index < -0.39 is 0 Å². The number of carbonyl (C=O) groups is 1. The summed E-state index contributed by atoms with van der Waals surface area (Å²) in [5.41, 5.74) is 1.21. The highest BCUT2D eigenvalue weighted by Crippen LogP contribution is 2.06. The van der Waals surface area contributed by atoms with E-state index in [1.165, 1.54) is 5.56 Å². The molecule has 1 aromatic carbocycles. The summed E-state index contributed by atoms with van der Waals surface area (Å²) in [6.07, 6.45) is 1.38. The standard InChI is InChI=1S/C14H21NO/c1-4-14(16)13(15-11(2)3)10-12-8-6-5-7-9-12/h5-9,11,13,15H,4,10H2,1-3H3. The van der Waals surface area contributed by atoms with Crippen LogP contribution in [-0.2, 0) is 11.2 Å². The molecule has 0 aliphatic rings. The van der Waals surface area contributed by atoms with Crippen LogP contribution in [0.1, 0.15) is 32.8 Å². The van der Waals surface area contributed by atoms with Crippen LogP contribution in [0, 0.1) is 0 Å². The summed E-state index contributed by atoms with van der Waals surface area (Å²) in [6, 6.07) is 10.4. The molecule has 16 heavy (non-hydrogen) atoms. The van der Waals surface area contributed by atoms with Crippen molar-refractivity contribution in [1.29, 1.82) is 0 Å². The van der Waals surface area contributed by atoms with Crippen molar-refractivity contribution in [2.45, 2.75) is 45.7 Å². The van der Waals surface area contributed by atoms with Gasteiger partial charge in [-0.3, -0.25) is 4.79 Å². The second-order valence-electron chi connectivity index (χ2n) is 4.38. The molecule has 88 valence electrons. The van der Waals surface area contributed by atoms with Gasteiger partial charge in [-0.25, -0.2) is 0 Å². The lowest BCUT2D eigenvalue weighted by atomic mass is 10.0. The second-order valence-corrected chi connectivity index (χ2v) is 4.38. The lowest BCUT2D eigenvalue weighted by Crippen LogP contribution is -2.42. The molecular weight excluding hydrogens is 198 g/mol. The van der Waals surface area contributed by atoms with Crippen molar-refractivity contribution in [3.63, 3.8) is 0 Å². The van der Waals surface area contributed by atoms with Crippen LogP contribution in [0.3, 0.4) is 0 Å². The van der Waals surface area contributed by atoms with Crippen molar-refractivity contribution >= 4 is 5.78 Å². The lowest BCUT2D eigenvalue weighted by molar-refractivity contribution is -0.120. The summed E-state index contributed by atoms with van der Waals surface area (Å²) in [7, 11) is 0. The Balaban J connectivity index is 2.67. The molecule has 1 N–H and O–H groups in total. The van der Waals surface area contributed by atoms with Gasteiger partial charge >= 0.3 is 0 Å². The molecule has 0 radical (unpaired) electrons. The van der Waals surface area contributed by atoms with Gasteiger partial charge in [0, 0.05) is 12.5 Å². The average Bonchev–Trinajstić information content (AvgIpc) is 2.28. The summed E-state index contributed by atoms with van der Waals surface area (Å²) < 4.78 is 0. The van der Waals surface area contributed by atoms with Gasteiger partial charge in [0.15, 0.2) is 0 Å². The van der Waals surface area contributed by atoms with Gasteiger partial charge in [0.05, 0.1) is 6.04 Å². The molecule has 0 heterocycles. The van der Waals surface area contributed by atoms with Crippen LogP contribution < -0.4 is 5.32 Å². The molecule has 0 aromatic heterocycles. The highest BCUT2D eigenvalue weighted by Gasteiger charge is 2.17. The third kappa shape index (κ3) is 4.15. The predicted octanol–water partition coefficient (Wildman–Crippen LogP) is 2.57. The first-order valence-corrected chi connectivity index (χ1v) is 5.96. The minimum Gasteiger partial charge on any atom is -0.305 e. The molecule has 2 heteroatoms. The normalized spacial score (nSPS) is 12.8. The van der Waals surface area contributed by atoms with Crippen LogP contribution >= 0.6 is 0 Å². The van der Waals surface area contributed by atoms with Crippen molar-refractivity contribution in [3.05, 3.63) is 35.9 Å². The minimum absolute atomic E-state index is 0.0487. The van der Waals surface area contributed by atoms with Crippen molar-refractivity contribution in [1.82, 2.24) is 5.32 Å². The molecule has 0 aliphatic heterocycles. The summed E-state index contributed by atoms with van der Waals surface area (Å²) in [4.78, 5) is 11.8. The van der Waals surface area contributed by atoms with Crippen LogP contribution in [-0.4, -0.2) is 17.9 Å². The maximum absolute atomic E-state index is 11.8. The number of Topliss-reactive ketones (excluding diaryl/α,β-unsaturated/α-hetero) is 1. The third-order valence-electron chi connectivity index (χ3n) is 2.55. The zero-order valence-corrected chi connectivity index (χ0v) is 10.4. The van der Waals surface area contributed by atoms with Crippen molar-refractivity contribution in [2.75, 3.05) is 0 Å². The third-order valence-corrected chi connectivity index (χ3v) is 2.55. The summed E-state index contributed by atoms with van der Waals surface area (Å²) in [6.45, 7) is 6.06. The van der Waals surface area contributed by atoms with Gasteiger partial charge in [0.1, 0.15) is 5.78 Å². The number of hydrogen-bond donors (Lipinski definition) is 1. The van der Waals surface area contributed by atoms with Crippen molar-refractivity contribution in [3.8, 4) is 0 Å². The second kappa shape index (κ2) is 6.44. The summed E-state index contributed by atoms with van der Waals surface area (Å²) in [5, 5.41) is 3.33. The zero-order valence-electron chi connectivity index (χ0n) is 10.4. The quantitative estimate of drug-likeness (QED) is 0.796. The first-order chi connectivity index (χ1) is 7.63. The van der Waals surface area contributed by atoms with Gasteiger partial charge in [-0.1, -0.05) is 51.1 Å². The van der Waals surface area contributed by atoms with Crippen molar-refractivity contribution < 1.29 is 4.79 Å². The van der Waals surface area contributed by atoms with E-state index in [1.54, 1.807) is 0 Å². The fourth-order valence-electron chi connectivity index (χ4n) is 1.76. The number of benzene rings is 1. The highest BCUT2D eigenvalue weighted by atomic mass is 16.1. The Morgan fingerprint density at radius 3 is 2.38 bits per heavy atom. The first-order valence-electron chi connectivity index (χ1n) is 5.96. The molecule has 0 fully saturated rings. The van der Waals surface area contributed by atoms with Crippen molar-refractivity contribution in [2.24, 2.45) is 0 Å². The Hall–Kier alpha value is -1.15. The molecule has 1 unspecified atom stereocenters. The molecule has 0 aliphatic carbocycles. The van der Waals surface area contributed by atoms with Gasteiger partial charge < -0.3 is 5.32 Å². The van der Waals surface area contributed by atoms with E-state index in [-0.39, 0.29) is 11.8 Å². The van der Waals surface area contributed by atoms with Crippen LogP contribution in [0.15, 0.2) is 30.3 Å². The Morgan fingerprint density at radius 2 is 1.88 bits per heavy atom. The molecule has 2 nitrogen and oxygen atoms in total. The monoisotopic (exact) mass is 219 g/mol. The van der Waals surface area contributed by atoms with E-state index in [9.17, 15) is 4.79 Å². The van der Waals surface area contributed by atoms with Gasteiger partial charge in [0.2, 0.25) is 0 Å². The van der Waals surface area contributed by atoms with E-state index in [4.69, 9.17) is 0 Å². The van der Waals surface area contributed by atoms with E-state index >= 15 is 0 Å². The lowest BCUT2D eigenvalue weighted by Gasteiger charge is -2.19. The average molecular weight is 219 g/mol. The zero-order chi connectivity index (χ0) is 12.0. The Labute approximate surface area is 98.1 Å². The maximum Gasteiger partial charge on any atom is 0.149 e. The predicted molar refractivity (Wildman–Crippen MR) is 67.5 cm³/mol. The topological polar surface area (TPSA) is 29.1 Å². The molecule has 0 bridgehead atoms. The number of rotatable bonds is 6. The van der Waals surface area contributed by atoms with Crippen LogP contribution in [0.5, 0.6) is 0 Å². The number of hydrogen-bond acceptors (Lipinski definition) is 2. The SMILES string of the molecule is CCC(=O)C(Cc1ccccc1)NC(C)C. The van der Waals surface area contributed by atoms with Gasteiger partial charge in [-0.2, -0.15) is 0 Å². The van der Waals surface area contributed by atoms with E-state index in [0.29, 0.717) is 12.5 Å². The number of nitrogens with one attached hydrogen (secondary N) is 1. The van der Waals surface area contributed by atoms with Crippen LogP contribution in [0.2, 0.25) is 0 Å². The molecule has 0 saturated carbocycles. The number of ketones is 1. The van der Waals surface area contributed by atoms with E-state index in [1.807, 2.05) is 25.1 Å². The molecular formula is C14H21NO. The molecule has 1 atom stereocenters. The number of carbonyl (C=O) groups excluding carboxylic acids is 1. The van der Waals surface area contributed by atoms with Gasteiger partial charge in [0.25, 0.3) is 0 Å². The maximum atomic E-state index is 11.8. The van der Waals surface area contributed by atoms with E-state index in [0.717, 1.165) is 6.42 Å². The minimum atomic E-state index is -0.0487. The Bertz CT molecular complexity index is 319. The molecule has 1 aromatic rings. The molecule has 1 rings (SSSR count). The Morgan fingerprint density at radius 1 is 1.25 bits per heavy atom. The molecule has 0 amide bonds. The van der Waals surface area contributed by atoms with E-state index in [2.05, 4.69) is 31.3 Å². The first kappa shape index (κ1) is 12.9. The fraction of sp³-hybridized carbons (Fsp3) is 0.500. The summed E-state index contributed by atoms with van der Waals surface area (Å²) >= 11 is 0. The van der Waals surface area contributed by atoms with Gasteiger partial charge in [-0.05, 0) is 12.0 Å². The molecule has 0 spiro atoms. The highest BCUT2D eigenvalue weighted by molar-refractivity contribution is 5.84. The fourth-order valence-corrected chi connectivity index (χ4v) is 1.76. The molecule has 0 saturated heterocycles. The smallest absolute Gasteiger partial charge is 0.149 e. The Kier molecular flexibility index (Phi) is 5.20. The van der Waals surface area contributed by atoms with Crippen LogP contribution in [0.25, 0.3) is 0 Å². The van der Waals surface area contributed by atoms with Gasteiger partial charge in [-0.15, -0.1) is 0 Å². The van der Waals surface area contributed by atoms with Crippen LogP contribution in [0.4, 0.5) is 0 Å².